The highest BCUT2D eigenvalue weighted by Crippen LogP contribution is 2.29. The van der Waals surface area contributed by atoms with E-state index in [1.54, 1.807) is 17.8 Å². The first kappa shape index (κ1) is 15.0. The van der Waals surface area contributed by atoms with Gasteiger partial charge in [-0.2, -0.15) is 11.8 Å². The number of nitrogen functional groups attached to an aromatic ring is 1. The summed E-state index contributed by atoms with van der Waals surface area (Å²) < 4.78 is 0. The van der Waals surface area contributed by atoms with Gasteiger partial charge in [0.05, 0.1) is 16.3 Å². The molecule has 100 valence electrons. The van der Waals surface area contributed by atoms with Crippen LogP contribution in [0, 0.1) is 5.92 Å². The Morgan fingerprint density at radius 2 is 2.28 bits per heavy atom. The van der Waals surface area contributed by atoms with Crippen LogP contribution in [0.1, 0.15) is 17.3 Å². The predicted molar refractivity (Wildman–Crippen MR) is 78.9 cm³/mol. The maximum absolute atomic E-state index is 11.1. The number of nitrogens with one attached hydrogen (secondary N) is 1. The summed E-state index contributed by atoms with van der Waals surface area (Å²) in [6.45, 7) is 2.76. The number of halogens is 1. The summed E-state index contributed by atoms with van der Waals surface area (Å²) in [5.41, 5.74) is 6.48. The predicted octanol–water partition coefficient (Wildman–Crippen LogP) is 3.03. The molecule has 0 aliphatic rings. The van der Waals surface area contributed by atoms with Gasteiger partial charge in [0.25, 0.3) is 0 Å². The van der Waals surface area contributed by atoms with Gasteiger partial charge in [-0.3, -0.25) is 0 Å². The van der Waals surface area contributed by atoms with E-state index in [1.165, 1.54) is 6.07 Å². The highest BCUT2D eigenvalue weighted by molar-refractivity contribution is 7.98. The highest BCUT2D eigenvalue weighted by Gasteiger charge is 2.15. The van der Waals surface area contributed by atoms with Crippen LogP contribution in [0.3, 0.4) is 0 Å². The Bertz CT molecular complexity index is 440. The van der Waals surface area contributed by atoms with Crippen LogP contribution in [0.15, 0.2) is 12.1 Å². The summed E-state index contributed by atoms with van der Waals surface area (Å²) >= 11 is 7.78. The fourth-order valence-corrected chi connectivity index (χ4v) is 2.58. The third-order valence-corrected chi connectivity index (χ3v) is 3.62. The third kappa shape index (κ3) is 3.99. The molecule has 6 heteroatoms. The molecule has 4 N–H and O–H groups in total. The fraction of sp³-hybridized carbons (Fsp3) is 0.417. The lowest BCUT2D eigenvalue weighted by atomic mass is 10.1. The number of carboxylic acid groups (broad SMARTS) is 1. The van der Waals surface area contributed by atoms with Crippen LogP contribution in [-0.4, -0.2) is 29.6 Å². The van der Waals surface area contributed by atoms with Crippen molar-refractivity contribution >= 4 is 40.7 Å². The number of rotatable bonds is 6. The zero-order valence-corrected chi connectivity index (χ0v) is 11.9. The van der Waals surface area contributed by atoms with Crippen molar-refractivity contribution in [1.82, 2.24) is 0 Å². The van der Waals surface area contributed by atoms with Crippen LogP contribution in [0.25, 0.3) is 0 Å². The van der Waals surface area contributed by atoms with E-state index in [4.69, 9.17) is 22.4 Å². The number of aromatic carboxylic acids is 1. The summed E-state index contributed by atoms with van der Waals surface area (Å²) in [5.74, 6) is 0.390. The minimum atomic E-state index is -1.04. The van der Waals surface area contributed by atoms with Gasteiger partial charge < -0.3 is 16.2 Å². The molecular formula is C12H17ClN2O2S. The third-order valence-electron chi connectivity index (χ3n) is 2.42. The van der Waals surface area contributed by atoms with Crippen molar-refractivity contribution in [2.24, 2.45) is 5.92 Å². The number of hydrogen-bond acceptors (Lipinski definition) is 4. The number of nitrogens with two attached hydrogens (primary N) is 1. The Morgan fingerprint density at radius 3 is 2.83 bits per heavy atom. The van der Waals surface area contributed by atoms with Gasteiger partial charge >= 0.3 is 5.97 Å². The zero-order chi connectivity index (χ0) is 13.7. The standard InChI is InChI=1S/C12H17ClN2O2S/c1-7(6-18-2)5-15-11-9(12(16)17)3-8(14)4-10(11)13/h3-4,7,15H,5-6,14H2,1-2H3,(H,16,17). The van der Waals surface area contributed by atoms with Gasteiger partial charge in [-0.1, -0.05) is 18.5 Å². The second kappa shape index (κ2) is 6.75. The maximum atomic E-state index is 11.1. The number of anilines is 2. The maximum Gasteiger partial charge on any atom is 0.337 e. The molecule has 0 spiro atoms. The van der Waals surface area contributed by atoms with Crippen molar-refractivity contribution in [2.45, 2.75) is 6.92 Å². The van der Waals surface area contributed by atoms with E-state index in [0.29, 0.717) is 28.9 Å². The van der Waals surface area contributed by atoms with Crippen LogP contribution in [-0.2, 0) is 0 Å². The molecular weight excluding hydrogens is 272 g/mol. The molecule has 1 rings (SSSR count). The number of thioether (sulfide) groups is 1. The molecule has 1 aromatic carbocycles. The smallest absolute Gasteiger partial charge is 0.337 e. The zero-order valence-electron chi connectivity index (χ0n) is 10.4. The summed E-state index contributed by atoms with van der Waals surface area (Å²) in [6, 6.07) is 2.96. The molecule has 0 aromatic heterocycles. The number of carboxylic acids is 1. The minimum Gasteiger partial charge on any atom is -0.478 e. The molecule has 1 atom stereocenters. The van der Waals surface area contributed by atoms with Crippen molar-refractivity contribution in [3.05, 3.63) is 22.7 Å². The van der Waals surface area contributed by atoms with E-state index in [0.717, 1.165) is 5.75 Å². The largest absolute Gasteiger partial charge is 0.478 e. The summed E-state index contributed by atoms with van der Waals surface area (Å²) in [6.07, 6.45) is 2.04. The Balaban J connectivity index is 2.90. The van der Waals surface area contributed by atoms with Crippen molar-refractivity contribution < 1.29 is 9.90 Å². The Morgan fingerprint density at radius 1 is 1.61 bits per heavy atom. The van der Waals surface area contributed by atoms with Gasteiger partial charge in [-0.15, -0.1) is 0 Å². The molecule has 0 bridgehead atoms. The average molecular weight is 289 g/mol. The van der Waals surface area contributed by atoms with Crippen LogP contribution in [0.2, 0.25) is 5.02 Å². The first-order chi connectivity index (χ1) is 8.45. The van der Waals surface area contributed by atoms with Crippen molar-refractivity contribution in [3.8, 4) is 0 Å². The minimum absolute atomic E-state index is 0.108. The van der Waals surface area contributed by atoms with Crippen molar-refractivity contribution in [1.29, 1.82) is 0 Å². The Kier molecular flexibility index (Phi) is 5.62. The molecule has 18 heavy (non-hydrogen) atoms. The lowest BCUT2D eigenvalue weighted by molar-refractivity contribution is 0.0698. The molecule has 0 saturated carbocycles. The molecule has 0 fully saturated rings. The lowest BCUT2D eigenvalue weighted by Gasteiger charge is -2.15. The monoisotopic (exact) mass is 288 g/mol. The number of hydrogen-bond donors (Lipinski definition) is 3. The van der Waals surface area contributed by atoms with Gasteiger partial charge in [-0.25, -0.2) is 4.79 Å². The second-order valence-electron chi connectivity index (χ2n) is 4.17. The van der Waals surface area contributed by atoms with Crippen molar-refractivity contribution in [3.63, 3.8) is 0 Å². The van der Waals surface area contributed by atoms with Gasteiger partial charge in [0, 0.05) is 12.2 Å². The topological polar surface area (TPSA) is 75.3 Å². The first-order valence-electron chi connectivity index (χ1n) is 5.50. The Labute approximate surface area is 116 Å². The van der Waals surface area contributed by atoms with Crippen molar-refractivity contribution in [2.75, 3.05) is 29.6 Å². The van der Waals surface area contributed by atoms with E-state index in [-0.39, 0.29) is 5.56 Å². The van der Waals surface area contributed by atoms with Gasteiger partial charge in [0.15, 0.2) is 0 Å². The van der Waals surface area contributed by atoms with E-state index in [9.17, 15) is 4.79 Å². The first-order valence-corrected chi connectivity index (χ1v) is 7.28. The summed E-state index contributed by atoms with van der Waals surface area (Å²) in [5, 5.41) is 12.6. The fourth-order valence-electron chi connectivity index (χ4n) is 1.60. The molecule has 4 nitrogen and oxygen atoms in total. The van der Waals surface area contributed by atoms with E-state index < -0.39 is 5.97 Å². The lowest BCUT2D eigenvalue weighted by Crippen LogP contribution is -2.16. The summed E-state index contributed by atoms with van der Waals surface area (Å²) in [4.78, 5) is 11.1. The number of benzene rings is 1. The normalized spacial score (nSPS) is 12.2. The molecule has 0 aliphatic carbocycles. The quantitative estimate of drug-likeness (QED) is 0.702. The van der Waals surface area contributed by atoms with Crippen LogP contribution < -0.4 is 11.1 Å². The van der Waals surface area contributed by atoms with E-state index in [1.807, 2.05) is 6.26 Å². The highest BCUT2D eigenvalue weighted by atomic mass is 35.5. The molecule has 0 amide bonds. The van der Waals surface area contributed by atoms with Gasteiger partial charge in [-0.05, 0) is 30.1 Å². The molecule has 0 radical (unpaired) electrons. The van der Waals surface area contributed by atoms with Crippen LogP contribution in [0.5, 0.6) is 0 Å². The molecule has 0 heterocycles. The van der Waals surface area contributed by atoms with Crippen LogP contribution >= 0.6 is 23.4 Å². The SMILES string of the molecule is CSCC(C)CNc1c(Cl)cc(N)cc1C(=O)O. The Hall–Kier alpha value is -1.07. The average Bonchev–Trinajstić information content (AvgIpc) is 2.27. The molecule has 1 unspecified atom stereocenters. The van der Waals surface area contributed by atoms with Gasteiger partial charge in [0.1, 0.15) is 0 Å². The summed E-state index contributed by atoms with van der Waals surface area (Å²) in [7, 11) is 0. The van der Waals surface area contributed by atoms with E-state index >= 15 is 0 Å². The number of carbonyl (C=O) groups is 1. The second-order valence-corrected chi connectivity index (χ2v) is 5.49. The van der Waals surface area contributed by atoms with Crippen LogP contribution in [0.4, 0.5) is 11.4 Å². The van der Waals surface area contributed by atoms with Gasteiger partial charge in [0.2, 0.25) is 0 Å². The molecule has 0 saturated heterocycles. The van der Waals surface area contributed by atoms with E-state index in [2.05, 4.69) is 12.2 Å². The molecule has 0 aliphatic heterocycles. The molecule has 1 aromatic rings.